The molecule has 2 aromatic carbocycles. The van der Waals surface area contributed by atoms with Gasteiger partial charge in [-0.15, -0.1) is 0 Å². The van der Waals surface area contributed by atoms with Crippen molar-refractivity contribution in [3.05, 3.63) is 52.5 Å². The number of nitrogens with one attached hydrogen (secondary N) is 1. The molecular formula is C17H19BrN2O4S. The summed E-state index contributed by atoms with van der Waals surface area (Å²) in [7, 11) is -2.16. The molecule has 0 aliphatic rings. The fraction of sp³-hybridized carbons (Fsp3) is 0.235. The first kappa shape index (κ1) is 19.3. The Labute approximate surface area is 156 Å². The van der Waals surface area contributed by atoms with E-state index >= 15 is 0 Å². The molecule has 0 aliphatic carbocycles. The van der Waals surface area contributed by atoms with E-state index in [1.165, 1.54) is 18.3 Å². The summed E-state index contributed by atoms with van der Waals surface area (Å²) in [6.45, 7) is 3.82. The lowest BCUT2D eigenvalue weighted by atomic mass is 10.2. The van der Waals surface area contributed by atoms with Gasteiger partial charge >= 0.3 is 0 Å². The molecule has 2 aromatic rings. The summed E-state index contributed by atoms with van der Waals surface area (Å²) in [4.78, 5) is 2.32. The third-order valence-corrected chi connectivity index (χ3v) is 4.83. The van der Waals surface area contributed by atoms with Gasteiger partial charge < -0.3 is 9.47 Å². The molecule has 0 aliphatic heterocycles. The van der Waals surface area contributed by atoms with E-state index in [4.69, 9.17) is 9.47 Å². The molecule has 0 saturated carbocycles. The molecule has 0 aromatic heterocycles. The smallest absolute Gasteiger partial charge is 0.276 e. The van der Waals surface area contributed by atoms with Gasteiger partial charge in [0.2, 0.25) is 0 Å². The summed E-state index contributed by atoms with van der Waals surface area (Å²) in [5, 5.41) is 3.82. The maximum Gasteiger partial charge on any atom is 0.276 e. The number of rotatable bonds is 7. The Morgan fingerprint density at radius 3 is 2.40 bits per heavy atom. The van der Waals surface area contributed by atoms with E-state index in [2.05, 4.69) is 25.9 Å². The average Bonchev–Trinajstić information content (AvgIpc) is 2.55. The zero-order chi connectivity index (χ0) is 18.4. The van der Waals surface area contributed by atoms with Crippen molar-refractivity contribution >= 4 is 32.2 Å². The van der Waals surface area contributed by atoms with Gasteiger partial charge in [0.25, 0.3) is 10.0 Å². The predicted octanol–water partition coefficient (Wildman–Crippen LogP) is 3.56. The van der Waals surface area contributed by atoms with E-state index in [0.29, 0.717) is 17.1 Å². The number of hydrogen-bond acceptors (Lipinski definition) is 5. The van der Waals surface area contributed by atoms with Crippen molar-refractivity contribution in [1.29, 1.82) is 0 Å². The van der Waals surface area contributed by atoms with Crippen LogP contribution in [0, 0.1) is 0 Å². The zero-order valence-electron chi connectivity index (χ0n) is 14.1. The Morgan fingerprint density at radius 2 is 1.80 bits per heavy atom. The number of hydrogen-bond donors (Lipinski definition) is 1. The lowest BCUT2D eigenvalue weighted by Gasteiger charge is -2.13. The van der Waals surface area contributed by atoms with Crippen molar-refractivity contribution in [2.45, 2.75) is 24.8 Å². The van der Waals surface area contributed by atoms with Gasteiger partial charge in [-0.1, -0.05) is 15.9 Å². The van der Waals surface area contributed by atoms with Crippen LogP contribution in [0.3, 0.4) is 0 Å². The van der Waals surface area contributed by atoms with Crippen LogP contribution in [0.15, 0.2) is 56.9 Å². The molecule has 0 atom stereocenters. The minimum absolute atomic E-state index is 0.0167. The molecule has 0 bridgehead atoms. The molecule has 134 valence electrons. The Bertz CT molecular complexity index is 849. The lowest BCUT2D eigenvalue weighted by Crippen LogP contribution is -2.18. The first-order valence-corrected chi connectivity index (χ1v) is 9.74. The van der Waals surface area contributed by atoms with Gasteiger partial charge in [-0.25, -0.2) is 4.83 Å². The van der Waals surface area contributed by atoms with Gasteiger partial charge in [0, 0.05) is 4.47 Å². The molecule has 0 radical (unpaired) electrons. The van der Waals surface area contributed by atoms with Gasteiger partial charge in [0.15, 0.2) is 11.5 Å². The van der Waals surface area contributed by atoms with Crippen LogP contribution in [0.25, 0.3) is 0 Å². The van der Waals surface area contributed by atoms with Crippen molar-refractivity contribution in [2.24, 2.45) is 5.10 Å². The Kier molecular flexibility index (Phi) is 6.44. The highest BCUT2D eigenvalue weighted by molar-refractivity contribution is 9.10. The topological polar surface area (TPSA) is 77.0 Å². The first-order valence-electron chi connectivity index (χ1n) is 7.47. The second-order valence-corrected chi connectivity index (χ2v) is 7.96. The molecule has 0 saturated heterocycles. The van der Waals surface area contributed by atoms with Crippen LogP contribution < -0.4 is 14.3 Å². The fourth-order valence-electron chi connectivity index (χ4n) is 1.96. The highest BCUT2D eigenvalue weighted by Crippen LogP contribution is 2.28. The molecule has 0 heterocycles. The molecule has 0 amide bonds. The second-order valence-electron chi connectivity index (χ2n) is 5.38. The number of methoxy groups -OCH3 is 1. The van der Waals surface area contributed by atoms with Crippen LogP contribution >= 0.6 is 15.9 Å². The summed E-state index contributed by atoms with van der Waals surface area (Å²) in [5.41, 5.74) is 0.676. The minimum Gasteiger partial charge on any atom is -0.493 e. The van der Waals surface area contributed by atoms with Crippen LogP contribution in [-0.4, -0.2) is 27.8 Å². The van der Waals surface area contributed by atoms with E-state index in [1.54, 1.807) is 37.4 Å². The van der Waals surface area contributed by atoms with Crippen LogP contribution in [0.5, 0.6) is 11.5 Å². The molecule has 0 fully saturated rings. The molecule has 0 spiro atoms. The first-order chi connectivity index (χ1) is 11.8. The number of ether oxygens (including phenoxy) is 2. The summed E-state index contributed by atoms with van der Waals surface area (Å²) in [6, 6.07) is 11.5. The molecule has 0 unspecified atom stereocenters. The largest absolute Gasteiger partial charge is 0.493 e. The monoisotopic (exact) mass is 426 g/mol. The Morgan fingerprint density at radius 1 is 1.12 bits per heavy atom. The second kappa shape index (κ2) is 8.35. The standard InChI is InChI=1S/C17H19BrN2O4S/c1-12(2)24-17-10-13(4-9-16(17)23-3)11-19-20-25(21,22)15-7-5-14(18)6-8-15/h4-12,20H,1-3H3/b19-11+. The van der Waals surface area contributed by atoms with Crippen LogP contribution in [0.4, 0.5) is 0 Å². The molecule has 2 rings (SSSR count). The summed E-state index contributed by atoms with van der Waals surface area (Å²) in [6.07, 6.45) is 1.39. The van der Waals surface area contributed by atoms with E-state index in [0.717, 1.165) is 4.47 Å². The molecule has 1 N–H and O–H groups in total. The van der Waals surface area contributed by atoms with E-state index in [9.17, 15) is 8.42 Å². The number of hydrazone groups is 1. The quantitative estimate of drug-likeness (QED) is 0.542. The number of nitrogens with zero attached hydrogens (tertiary/aromatic N) is 1. The van der Waals surface area contributed by atoms with Gasteiger partial charge in [-0.3, -0.25) is 0 Å². The Hall–Kier alpha value is -2.06. The number of halogens is 1. The average molecular weight is 427 g/mol. The maximum atomic E-state index is 12.2. The van der Waals surface area contributed by atoms with Crippen molar-refractivity contribution in [3.63, 3.8) is 0 Å². The van der Waals surface area contributed by atoms with Crippen LogP contribution in [0.1, 0.15) is 19.4 Å². The molecule has 25 heavy (non-hydrogen) atoms. The van der Waals surface area contributed by atoms with Crippen molar-refractivity contribution in [1.82, 2.24) is 4.83 Å². The van der Waals surface area contributed by atoms with E-state index in [-0.39, 0.29) is 11.0 Å². The molecule has 8 heteroatoms. The summed E-state index contributed by atoms with van der Waals surface area (Å²) >= 11 is 3.26. The molecular weight excluding hydrogens is 408 g/mol. The fourth-order valence-corrected chi connectivity index (χ4v) is 3.01. The van der Waals surface area contributed by atoms with Gasteiger partial charge in [0.1, 0.15) is 0 Å². The van der Waals surface area contributed by atoms with Crippen molar-refractivity contribution in [3.8, 4) is 11.5 Å². The van der Waals surface area contributed by atoms with Gasteiger partial charge in [0.05, 0.1) is 24.3 Å². The van der Waals surface area contributed by atoms with Crippen molar-refractivity contribution < 1.29 is 17.9 Å². The van der Waals surface area contributed by atoms with Gasteiger partial charge in [-0.05, 0) is 61.9 Å². The third-order valence-electron chi connectivity index (χ3n) is 3.06. The third kappa shape index (κ3) is 5.47. The highest BCUT2D eigenvalue weighted by Gasteiger charge is 2.12. The van der Waals surface area contributed by atoms with Gasteiger partial charge in [-0.2, -0.15) is 13.5 Å². The zero-order valence-corrected chi connectivity index (χ0v) is 16.5. The minimum atomic E-state index is -3.71. The molecule has 6 nitrogen and oxygen atoms in total. The van der Waals surface area contributed by atoms with Crippen LogP contribution in [0.2, 0.25) is 0 Å². The van der Waals surface area contributed by atoms with Crippen LogP contribution in [-0.2, 0) is 10.0 Å². The van der Waals surface area contributed by atoms with E-state index < -0.39 is 10.0 Å². The Balaban J connectivity index is 2.14. The van der Waals surface area contributed by atoms with E-state index in [1.807, 2.05) is 13.8 Å². The number of benzene rings is 2. The normalized spacial score (nSPS) is 11.7. The lowest BCUT2D eigenvalue weighted by molar-refractivity contribution is 0.230. The highest BCUT2D eigenvalue weighted by atomic mass is 79.9. The SMILES string of the molecule is COc1ccc(/C=N/NS(=O)(=O)c2ccc(Br)cc2)cc1OC(C)C. The maximum absolute atomic E-state index is 12.2. The van der Waals surface area contributed by atoms with Crippen molar-refractivity contribution in [2.75, 3.05) is 7.11 Å². The summed E-state index contributed by atoms with van der Waals surface area (Å²) < 4.78 is 36.0. The summed E-state index contributed by atoms with van der Waals surface area (Å²) in [5.74, 6) is 1.17. The predicted molar refractivity (Wildman–Crippen MR) is 101 cm³/mol. The number of sulfonamides is 1.